The van der Waals surface area contributed by atoms with Gasteiger partial charge in [-0.1, -0.05) is 6.92 Å². The summed E-state index contributed by atoms with van der Waals surface area (Å²) in [5.74, 6) is 0.608. The van der Waals surface area contributed by atoms with Gasteiger partial charge >= 0.3 is 6.03 Å². The summed E-state index contributed by atoms with van der Waals surface area (Å²) in [5, 5.41) is 2.86. The maximum atomic E-state index is 11.8. The van der Waals surface area contributed by atoms with Gasteiger partial charge in [0.15, 0.2) is 0 Å². The lowest BCUT2D eigenvalue weighted by Gasteiger charge is -2.16. The van der Waals surface area contributed by atoms with E-state index in [1.165, 1.54) is 0 Å². The number of urea groups is 1. The van der Waals surface area contributed by atoms with E-state index >= 15 is 0 Å². The van der Waals surface area contributed by atoms with Crippen molar-refractivity contribution >= 4 is 17.4 Å². The topological polar surface area (TPSA) is 58.4 Å². The van der Waals surface area contributed by atoms with Crippen LogP contribution >= 0.6 is 0 Å². The van der Waals surface area contributed by atoms with Crippen molar-refractivity contribution in [1.29, 1.82) is 0 Å². The summed E-state index contributed by atoms with van der Waals surface area (Å²) in [7, 11) is 0. The molecule has 16 heavy (non-hydrogen) atoms. The fraction of sp³-hybridized carbons (Fsp3) is 0.417. The van der Waals surface area contributed by atoms with Crippen molar-refractivity contribution in [2.24, 2.45) is 5.92 Å². The highest BCUT2D eigenvalue weighted by molar-refractivity contribution is 5.89. The van der Waals surface area contributed by atoms with E-state index in [1.807, 2.05) is 17.0 Å². The molecule has 1 aromatic carbocycles. The summed E-state index contributed by atoms with van der Waals surface area (Å²) in [5.41, 5.74) is 7.07. The van der Waals surface area contributed by atoms with Gasteiger partial charge in [0, 0.05) is 24.5 Å². The molecule has 3 N–H and O–H groups in total. The van der Waals surface area contributed by atoms with E-state index in [1.54, 1.807) is 12.1 Å². The minimum absolute atomic E-state index is 0.0193. The lowest BCUT2D eigenvalue weighted by atomic mass is 10.2. The number of nitrogens with zero attached hydrogens (tertiary/aromatic N) is 1. The monoisotopic (exact) mass is 219 g/mol. The summed E-state index contributed by atoms with van der Waals surface area (Å²) >= 11 is 0. The summed E-state index contributed by atoms with van der Waals surface area (Å²) in [6.07, 6.45) is 1.09. The number of likely N-dealkylation sites (tertiary alicyclic amines) is 1. The minimum atomic E-state index is -0.0193. The van der Waals surface area contributed by atoms with Crippen LogP contribution in [-0.4, -0.2) is 24.0 Å². The van der Waals surface area contributed by atoms with Crippen molar-refractivity contribution in [2.45, 2.75) is 13.3 Å². The molecule has 1 unspecified atom stereocenters. The number of rotatable bonds is 1. The highest BCUT2D eigenvalue weighted by Gasteiger charge is 2.22. The SMILES string of the molecule is CC1CCN(C(=O)Nc2ccc(N)cc2)C1. The molecular formula is C12H17N3O. The van der Waals surface area contributed by atoms with Crippen molar-refractivity contribution in [2.75, 3.05) is 24.1 Å². The summed E-state index contributed by atoms with van der Waals surface area (Å²) in [4.78, 5) is 13.7. The van der Waals surface area contributed by atoms with Crippen LogP contribution in [0.3, 0.4) is 0 Å². The number of anilines is 2. The molecule has 4 nitrogen and oxygen atoms in total. The first-order valence-corrected chi connectivity index (χ1v) is 5.56. The second-order valence-electron chi connectivity index (χ2n) is 4.39. The molecule has 1 aliphatic rings. The Balaban J connectivity index is 1.94. The normalized spacial score (nSPS) is 19.8. The Morgan fingerprint density at radius 1 is 1.44 bits per heavy atom. The van der Waals surface area contributed by atoms with E-state index in [0.717, 1.165) is 25.2 Å². The molecule has 1 atom stereocenters. The van der Waals surface area contributed by atoms with Crippen LogP contribution in [0.5, 0.6) is 0 Å². The Bertz CT molecular complexity index is 374. The van der Waals surface area contributed by atoms with Crippen LogP contribution in [-0.2, 0) is 0 Å². The maximum Gasteiger partial charge on any atom is 0.321 e. The molecule has 86 valence electrons. The van der Waals surface area contributed by atoms with Crippen molar-refractivity contribution < 1.29 is 4.79 Å². The molecule has 1 fully saturated rings. The molecular weight excluding hydrogens is 202 g/mol. The molecule has 0 aliphatic carbocycles. The van der Waals surface area contributed by atoms with Gasteiger partial charge in [0.25, 0.3) is 0 Å². The molecule has 0 radical (unpaired) electrons. The molecule has 0 bridgehead atoms. The smallest absolute Gasteiger partial charge is 0.321 e. The zero-order valence-corrected chi connectivity index (χ0v) is 9.44. The van der Waals surface area contributed by atoms with Crippen LogP contribution in [0.4, 0.5) is 16.2 Å². The van der Waals surface area contributed by atoms with Crippen LogP contribution in [0.15, 0.2) is 24.3 Å². The lowest BCUT2D eigenvalue weighted by Crippen LogP contribution is -2.32. The van der Waals surface area contributed by atoms with E-state index in [4.69, 9.17) is 5.73 Å². The second-order valence-corrected chi connectivity index (χ2v) is 4.39. The average Bonchev–Trinajstić information content (AvgIpc) is 2.68. The van der Waals surface area contributed by atoms with Gasteiger partial charge in [-0.2, -0.15) is 0 Å². The number of nitrogen functional groups attached to an aromatic ring is 1. The first kappa shape index (κ1) is 10.8. The van der Waals surface area contributed by atoms with Gasteiger partial charge in [-0.15, -0.1) is 0 Å². The van der Waals surface area contributed by atoms with Gasteiger partial charge in [-0.05, 0) is 36.6 Å². The second kappa shape index (κ2) is 4.43. The lowest BCUT2D eigenvalue weighted by molar-refractivity contribution is 0.221. The van der Waals surface area contributed by atoms with Gasteiger partial charge in [-0.3, -0.25) is 0 Å². The van der Waals surface area contributed by atoms with Crippen molar-refractivity contribution in [3.8, 4) is 0 Å². The summed E-state index contributed by atoms with van der Waals surface area (Å²) < 4.78 is 0. The Morgan fingerprint density at radius 2 is 2.12 bits per heavy atom. The third-order valence-electron chi connectivity index (χ3n) is 2.87. The Hall–Kier alpha value is -1.71. The Labute approximate surface area is 95.4 Å². The molecule has 0 saturated carbocycles. The first-order valence-electron chi connectivity index (χ1n) is 5.56. The van der Waals surface area contributed by atoms with E-state index in [0.29, 0.717) is 11.6 Å². The largest absolute Gasteiger partial charge is 0.399 e. The molecule has 1 heterocycles. The molecule has 1 aliphatic heterocycles. The van der Waals surface area contributed by atoms with Crippen LogP contribution in [0.2, 0.25) is 0 Å². The van der Waals surface area contributed by atoms with Gasteiger partial charge in [0.2, 0.25) is 0 Å². The van der Waals surface area contributed by atoms with Crippen LogP contribution in [0, 0.1) is 5.92 Å². The number of nitrogens with one attached hydrogen (secondary N) is 1. The number of hydrogen-bond donors (Lipinski definition) is 2. The Kier molecular flexibility index (Phi) is 2.99. The Morgan fingerprint density at radius 3 is 2.69 bits per heavy atom. The predicted molar refractivity (Wildman–Crippen MR) is 65.2 cm³/mol. The molecule has 1 saturated heterocycles. The highest BCUT2D eigenvalue weighted by Crippen LogP contribution is 2.17. The third-order valence-corrected chi connectivity index (χ3v) is 2.87. The summed E-state index contributed by atoms with van der Waals surface area (Å²) in [6, 6.07) is 7.17. The molecule has 0 spiro atoms. The zero-order valence-electron chi connectivity index (χ0n) is 9.44. The fourth-order valence-electron chi connectivity index (χ4n) is 1.89. The summed E-state index contributed by atoms with van der Waals surface area (Å²) in [6.45, 7) is 3.86. The van der Waals surface area contributed by atoms with E-state index in [2.05, 4.69) is 12.2 Å². The van der Waals surface area contributed by atoms with Crippen LogP contribution in [0.25, 0.3) is 0 Å². The first-order chi connectivity index (χ1) is 7.65. The maximum absolute atomic E-state index is 11.8. The number of benzene rings is 1. The number of nitrogens with two attached hydrogens (primary N) is 1. The van der Waals surface area contributed by atoms with Crippen molar-refractivity contribution in [3.63, 3.8) is 0 Å². The van der Waals surface area contributed by atoms with E-state index in [9.17, 15) is 4.79 Å². The van der Waals surface area contributed by atoms with Crippen molar-refractivity contribution in [1.82, 2.24) is 4.90 Å². The quantitative estimate of drug-likeness (QED) is 0.711. The molecule has 0 aromatic heterocycles. The minimum Gasteiger partial charge on any atom is -0.399 e. The van der Waals surface area contributed by atoms with Gasteiger partial charge < -0.3 is 16.0 Å². The van der Waals surface area contributed by atoms with Gasteiger partial charge in [0.05, 0.1) is 0 Å². The van der Waals surface area contributed by atoms with Gasteiger partial charge in [0.1, 0.15) is 0 Å². The van der Waals surface area contributed by atoms with Crippen LogP contribution in [0.1, 0.15) is 13.3 Å². The van der Waals surface area contributed by atoms with Crippen molar-refractivity contribution in [3.05, 3.63) is 24.3 Å². The van der Waals surface area contributed by atoms with Crippen LogP contribution < -0.4 is 11.1 Å². The predicted octanol–water partition coefficient (Wildman–Crippen LogP) is 2.14. The molecule has 2 rings (SSSR count). The highest BCUT2D eigenvalue weighted by atomic mass is 16.2. The molecule has 4 heteroatoms. The number of hydrogen-bond acceptors (Lipinski definition) is 2. The van der Waals surface area contributed by atoms with E-state index < -0.39 is 0 Å². The third kappa shape index (κ3) is 2.45. The molecule has 1 aromatic rings. The number of carbonyl (C=O) groups is 1. The zero-order chi connectivity index (χ0) is 11.5. The number of carbonyl (C=O) groups excluding carboxylic acids is 1. The fourth-order valence-corrected chi connectivity index (χ4v) is 1.89. The van der Waals surface area contributed by atoms with Gasteiger partial charge in [-0.25, -0.2) is 4.79 Å². The average molecular weight is 219 g/mol. The van der Waals surface area contributed by atoms with E-state index in [-0.39, 0.29) is 6.03 Å². The molecule has 2 amide bonds. The standard InChI is InChI=1S/C12H17N3O/c1-9-6-7-15(8-9)12(16)14-11-4-2-10(13)3-5-11/h2-5,9H,6-8,13H2,1H3,(H,14,16). The number of amides is 2.